The van der Waals surface area contributed by atoms with Crippen LogP contribution in [0.4, 0.5) is 11.4 Å². The van der Waals surface area contributed by atoms with Crippen LogP contribution in [0.3, 0.4) is 0 Å². The number of carbonyl (C=O) groups excluding carboxylic acids is 1. The van der Waals surface area contributed by atoms with Crippen molar-refractivity contribution in [3.63, 3.8) is 0 Å². The first kappa shape index (κ1) is 17.3. The number of amides is 1. The maximum atomic E-state index is 12.1. The van der Waals surface area contributed by atoms with E-state index in [9.17, 15) is 10.1 Å². The number of hydrogen-bond donors (Lipinski definition) is 2. The lowest BCUT2D eigenvalue weighted by molar-refractivity contribution is -0.124. The third-order valence-electron chi connectivity index (χ3n) is 4.00. The summed E-state index contributed by atoms with van der Waals surface area (Å²) in [6.45, 7) is 1.17. The lowest BCUT2D eigenvalue weighted by atomic mass is 10.1. The van der Waals surface area contributed by atoms with Gasteiger partial charge in [-0.15, -0.1) is 0 Å². The van der Waals surface area contributed by atoms with Crippen LogP contribution in [0.5, 0.6) is 0 Å². The summed E-state index contributed by atoms with van der Waals surface area (Å²) in [6, 6.07) is 14.9. The average molecular weight is 356 g/mol. The molecule has 2 aromatic rings. The normalized spacial score (nSPS) is 16.2. The summed E-state index contributed by atoms with van der Waals surface area (Å²) < 4.78 is 5.39. The van der Waals surface area contributed by atoms with Gasteiger partial charge in [-0.3, -0.25) is 4.79 Å². The third-order valence-corrected chi connectivity index (χ3v) is 4.24. The third kappa shape index (κ3) is 4.50. The number of carbonyl (C=O) groups is 1. The molecular formula is C19H18ClN3O2. The summed E-state index contributed by atoms with van der Waals surface area (Å²) in [5.41, 5.74) is 2.94. The molecule has 6 heteroatoms. The van der Waals surface area contributed by atoms with E-state index >= 15 is 0 Å². The molecule has 0 saturated carbocycles. The molecule has 2 aromatic carbocycles. The van der Waals surface area contributed by atoms with Crippen LogP contribution in [0.1, 0.15) is 24.0 Å². The van der Waals surface area contributed by atoms with Crippen LogP contribution in [0.2, 0.25) is 5.02 Å². The highest BCUT2D eigenvalue weighted by Crippen LogP contribution is 2.21. The lowest BCUT2D eigenvalue weighted by Crippen LogP contribution is -2.26. The molecule has 1 heterocycles. The maximum Gasteiger partial charge on any atom is 0.253 e. The Bertz CT molecular complexity index is 811. The molecule has 0 bridgehead atoms. The second-order valence-electron chi connectivity index (χ2n) is 5.85. The highest BCUT2D eigenvalue weighted by atomic mass is 35.5. The zero-order chi connectivity index (χ0) is 17.6. The molecule has 1 fully saturated rings. The fourth-order valence-electron chi connectivity index (χ4n) is 2.73. The molecule has 3 rings (SSSR count). The fraction of sp³-hybridized carbons (Fsp3) is 0.263. The van der Waals surface area contributed by atoms with Crippen molar-refractivity contribution in [2.75, 3.05) is 17.2 Å². The molecule has 5 nitrogen and oxygen atoms in total. The largest absolute Gasteiger partial charge is 0.380 e. The van der Waals surface area contributed by atoms with Gasteiger partial charge < -0.3 is 15.4 Å². The molecule has 0 aromatic heterocycles. The molecule has 1 saturated heterocycles. The topological polar surface area (TPSA) is 74.2 Å². The molecule has 0 radical (unpaired) electrons. The molecular weight excluding hydrogens is 338 g/mol. The average Bonchev–Trinajstić information content (AvgIpc) is 3.15. The van der Waals surface area contributed by atoms with Crippen molar-refractivity contribution in [3.05, 3.63) is 58.6 Å². The van der Waals surface area contributed by atoms with Gasteiger partial charge >= 0.3 is 0 Å². The fourth-order valence-corrected chi connectivity index (χ4v) is 2.90. The second kappa shape index (κ2) is 8.02. The van der Waals surface area contributed by atoms with Crippen LogP contribution >= 0.6 is 11.6 Å². The van der Waals surface area contributed by atoms with Crippen molar-refractivity contribution in [2.24, 2.45) is 0 Å². The summed E-state index contributed by atoms with van der Waals surface area (Å²) in [5.74, 6) is -0.105. The van der Waals surface area contributed by atoms with Gasteiger partial charge in [0, 0.05) is 23.9 Å². The SMILES string of the molecule is N#Cc1cc(Cl)ccc1NCc1cccc(NC(=O)C2CCCO2)c1. The number of nitriles is 1. The quantitative estimate of drug-likeness (QED) is 0.851. The number of ether oxygens (including phenoxy) is 1. The van der Waals surface area contributed by atoms with Crippen LogP contribution in [0.25, 0.3) is 0 Å². The predicted octanol–water partition coefficient (Wildman–Crippen LogP) is 3.94. The predicted molar refractivity (Wildman–Crippen MR) is 97.5 cm³/mol. The summed E-state index contributed by atoms with van der Waals surface area (Å²) in [7, 11) is 0. The van der Waals surface area contributed by atoms with Crippen LogP contribution in [-0.4, -0.2) is 18.6 Å². The molecule has 2 N–H and O–H groups in total. The number of benzene rings is 2. The van der Waals surface area contributed by atoms with Gasteiger partial charge in [0.15, 0.2) is 0 Å². The molecule has 1 aliphatic heterocycles. The molecule has 0 spiro atoms. The van der Waals surface area contributed by atoms with Gasteiger partial charge in [0.05, 0.1) is 11.3 Å². The van der Waals surface area contributed by atoms with E-state index in [1.807, 2.05) is 24.3 Å². The standard InChI is InChI=1S/C19H18ClN3O2/c20-15-6-7-17(14(10-15)11-21)22-12-13-3-1-4-16(9-13)23-19(24)18-5-2-8-25-18/h1,3-4,6-7,9-10,18,22H,2,5,8,12H2,(H,23,24). The minimum Gasteiger partial charge on any atom is -0.380 e. The van der Waals surface area contributed by atoms with Crippen molar-refractivity contribution in [1.82, 2.24) is 0 Å². The molecule has 0 aliphatic carbocycles. The Hall–Kier alpha value is -2.55. The van der Waals surface area contributed by atoms with Gasteiger partial charge in [0.25, 0.3) is 5.91 Å². The van der Waals surface area contributed by atoms with E-state index < -0.39 is 0 Å². The molecule has 1 unspecified atom stereocenters. The van der Waals surface area contributed by atoms with Gasteiger partial charge in [-0.1, -0.05) is 23.7 Å². The van der Waals surface area contributed by atoms with Gasteiger partial charge in [0.1, 0.15) is 12.2 Å². The molecule has 128 valence electrons. The number of nitrogens with zero attached hydrogens (tertiary/aromatic N) is 1. The van der Waals surface area contributed by atoms with Crippen LogP contribution < -0.4 is 10.6 Å². The summed E-state index contributed by atoms with van der Waals surface area (Å²) in [4.78, 5) is 12.1. The van der Waals surface area contributed by atoms with E-state index in [-0.39, 0.29) is 12.0 Å². The van der Waals surface area contributed by atoms with E-state index in [2.05, 4.69) is 16.7 Å². The number of halogens is 1. The van der Waals surface area contributed by atoms with E-state index in [4.69, 9.17) is 16.3 Å². The Kier molecular flexibility index (Phi) is 5.54. The van der Waals surface area contributed by atoms with E-state index in [1.165, 1.54) is 0 Å². The van der Waals surface area contributed by atoms with Crippen molar-refractivity contribution < 1.29 is 9.53 Å². The minimum atomic E-state index is -0.353. The Morgan fingerprint density at radius 1 is 1.32 bits per heavy atom. The van der Waals surface area contributed by atoms with Gasteiger partial charge in [0.2, 0.25) is 0 Å². The Labute approximate surface area is 151 Å². The van der Waals surface area contributed by atoms with E-state index in [1.54, 1.807) is 18.2 Å². The van der Waals surface area contributed by atoms with E-state index in [0.29, 0.717) is 23.7 Å². The first-order chi connectivity index (χ1) is 12.2. The summed E-state index contributed by atoms with van der Waals surface area (Å²) in [6.07, 6.45) is 1.33. The summed E-state index contributed by atoms with van der Waals surface area (Å²) >= 11 is 5.91. The zero-order valence-electron chi connectivity index (χ0n) is 13.6. The minimum absolute atomic E-state index is 0.105. The highest BCUT2D eigenvalue weighted by Gasteiger charge is 2.23. The second-order valence-corrected chi connectivity index (χ2v) is 6.28. The maximum absolute atomic E-state index is 12.1. The van der Waals surface area contributed by atoms with Crippen LogP contribution in [0.15, 0.2) is 42.5 Å². The molecule has 1 amide bonds. The van der Waals surface area contributed by atoms with Crippen molar-refractivity contribution >= 4 is 28.9 Å². The first-order valence-electron chi connectivity index (χ1n) is 8.10. The van der Waals surface area contributed by atoms with Gasteiger partial charge in [-0.25, -0.2) is 0 Å². The number of hydrogen-bond acceptors (Lipinski definition) is 4. The monoisotopic (exact) mass is 355 g/mol. The zero-order valence-corrected chi connectivity index (χ0v) is 14.3. The Morgan fingerprint density at radius 3 is 2.96 bits per heavy atom. The Balaban J connectivity index is 1.64. The van der Waals surface area contributed by atoms with Crippen LogP contribution in [-0.2, 0) is 16.1 Å². The van der Waals surface area contributed by atoms with Gasteiger partial charge in [-0.2, -0.15) is 5.26 Å². The van der Waals surface area contributed by atoms with Gasteiger partial charge in [-0.05, 0) is 48.7 Å². The molecule has 25 heavy (non-hydrogen) atoms. The van der Waals surface area contributed by atoms with Crippen molar-refractivity contribution in [1.29, 1.82) is 5.26 Å². The smallest absolute Gasteiger partial charge is 0.253 e. The number of anilines is 2. The molecule has 1 atom stereocenters. The summed E-state index contributed by atoms with van der Waals surface area (Å²) in [5, 5.41) is 15.8. The lowest BCUT2D eigenvalue weighted by Gasteiger charge is -2.12. The Morgan fingerprint density at radius 2 is 2.20 bits per heavy atom. The first-order valence-corrected chi connectivity index (χ1v) is 8.48. The molecule has 1 aliphatic rings. The number of nitrogens with one attached hydrogen (secondary N) is 2. The number of rotatable bonds is 5. The van der Waals surface area contributed by atoms with Crippen LogP contribution in [0, 0.1) is 11.3 Å². The van der Waals surface area contributed by atoms with Crippen molar-refractivity contribution in [2.45, 2.75) is 25.5 Å². The highest BCUT2D eigenvalue weighted by molar-refractivity contribution is 6.30. The van der Waals surface area contributed by atoms with Crippen molar-refractivity contribution in [3.8, 4) is 6.07 Å². The van der Waals surface area contributed by atoms with E-state index in [0.717, 1.165) is 29.8 Å².